The first-order chi connectivity index (χ1) is 9.99. The van der Waals surface area contributed by atoms with Crippen LogP contribution in [0.2, 0.25) is 0 Å². The predicted octanol–water partition coefficient (Wildman–Crippen LogP) is 4.22. The molecule has 0 saturated carbocycles. The summed E-state index contributed by atoms with van der Waals surface area (Å²) in [5.74, 6) is -0.923. The number of thiol groups is 1. The first kappa shape index (κ1) is 18.1. The smallest absolute Gasteiger partial charge is 0.304 e. The molecule has 1 aromatic rings. The van der Waals surface area contributed by atoms with E-state index < -0.39 is 16.8 Å². The number of aliphatic hydroxyl groups excluding tert-OH is 1. The van der Waals surface area contributed by atoms with Crippen molar-refractivity contribution < 1.29 is 15.0 Å². The van der Waals surface area contributed by atoms with Crippen molar-refractivity contribution in [2.24, 2.45) is 0 Å². The summed E-state index contributed by atoms with van der Waals surface area (Å²) in [6.45, 7) is 2.16. The molecule has 21 heavy (non-hydrogen) atoms. The van der Waals surface area contributed by atoms with Crippen LogP contribution in [0.25, 0.3) is 0 Å². The van der Waals surface area contributed by atoms with Crippen LogP contribution in [0.3, 0.4) is 0 Å². The van der Waals surface area contributed by atoms with Crippen molar-refractivity contribution in [1.82, 2.24) is 0 Å². The molecule has 3 nitrogen and oxygen atoms in total. The molecule has 0 aliphatic rings. The lowest BCUT2D eigenvalue weighted by atomic mass is 9.87. The Labute approximate surface area is 132 Å². The van der Waals surface area contributed by atoms with Crippen molar-refractivity contribution in [3.8, 4) is 0 Å². The highest BCUT2D eigenvalue weighted by atomic mass is 32.1. The molecule has 0 aliphatic carbocycles. The zero-order chi connectivity index (χ0) is 15.7. The van der Waals surface area contributed by atoms with Crippen LogP contribution in [-0.4, -0.2) is 20.9 Å². The van der Waals surface area contributed by atoms with Crippen LogP contribution >= 0.6 is 12.6 Å². The topological polar surface area (TPSA) is 57.5 Å². The average Bonchev–Trinajstić information content (AvgIpc) is 2.46. The van der Waals surface area contributed by atoms with Gasteiger partial charge < -0.3 is 10.2 Å². The Kier molecular flexibility index (Phi) is 7.83. The number of carboxylic acids is 1. The molecule has 4 heteroatoms. The second kappa shape index (κ2) is 9.11. The van der Waals surface area contributed by atoms with Gasteiger partial charge in [0.2, 0.25) is 0 Å². The quantitative estimate of drug-likeness (QED) is 0.448. The van der Waals surface area contributed by atoms with Crippen LogP contribution in [0, 0.1) is 0 Å². The van der Waals surface area contributed by atoms with Gasteiger partial charge in [0.05, 0.1) is 17.3 Å². The van der Waals surface area contributed by atoms with E-state index in [0.29, 0.717) is 6.42 Å². The van der Waals surface area contributed by atoms with E-state index in [1.807, 2.05) is 30.3 Å². The Morgan fingerprint density at radius 3 is 2.38 bits per heavy atom. The van der Waals surface area contributed by atoms with Crippen LogP contribution < -0.4 is 0 Å². The fraction of sp³-hybridized carbons (Fsp3) is 0.588. The number of rotatable bonds is 10. The van der Waals surface area contributed by atoms with Crippen LogP contribution in [0.5, 0.6) is 0 Å². The molecule has 1 rings (SSSR count). The van der Waals surface area contributed by atoms with Gasteiger partial charge in [0.25, 0.3) is 0 Å². The molecule has 0 fully saturated rings. The Hall–Kier alpha value is -1.00. The lowest BCUT2D eigenvalue weighted by Gasteiger charge is -2.32. The van der Waals surface area contributed by atoms with Crippen molar-refractivity contribution in [3.05, 3.63) is 35.9 Å². The maximum absolute atomic E-state index is 11.1. The molecule has 2 atom stereocenters. The van der Waals surface area contributed by atoms with Crippen molar-refractivity contribution in [1.29, 1.82) is 0 Å². The molecule has 0 saturated heterocycles. The number of unbranched alkanes of at least 4 members (excludes halogenated alkanes) is 4. The Morgan fingerprint density at radius 1 is 1.19 bits per heavy atom. The maximum atomic E-state index is 11.1. The zero-order valence-corrected chi connectivity index (χ0v) is 13.6. The third-order valence-corrected chi connectivity index (χ3v) is 4.42. The highest BCUT2D eigenvalue weighted by Gasteiger charge is 2.37. The Bertz CT molecular complexity index is 421. The summed E-state index contributed by atoms with van der Waals surface area (Å²) in [4.78, 5) is 11.1. The Balaban J connectivity index is 2.70. The summed E-state index contributed by atoms with van der Waals surface area (Å²) in [6, 6.07) is 9.19. The molecule has 0 amide bonds. The van der Waals surface area contributed by atoms with E-state index in [1.54, 1.807) is 0 Å². The molecular weight excluding hydrogens is 284 g/mol. The van der Waals surface area contributed by atoms with Gasteiger partial charge >= 0.3 is 5.97 Å². The summed E-state index contributed by atoms with van der Waals surface area (Å²) in [5.41, 5.74) is 0.724. The summed E-state index contributed by atoms with van der Waals surface area (Å²) in [6.07, 6.45) is 5.05. The predicted molar refractivity (Wildman–Crippen MR) is 88.7 cm³/mol. The summed E-state index contributed by atoms with van der Waals surface area (Å²) < 4.78 is -0.917. The molecule has 0 spiro atoms. The number of aliphatic carboxylic acids is 1. The van der Waals surface area contributed by atoms with Crippen molar-refractivity contribution in [2.75, 3.05) is 0 Å². The van der Waals surface area contributed by atoms with Crippen molar-refractivity contribution >= 4 is 18.6 Å². The molecule has 2 N–H and O–H groups in total. The monoisotopic (exact) mass is 310 g/mol. The zero-order valence-electron chi connectivity index (χ0n) is 12.7. The van der Waals surface area contributed by atoms with Gasteiger partial charge in [-0.1, -0.05) is 69.4 Å². The summed E-state index contributed by atoms with van der Waals surface area (Å²) in [7, 11) is 0. The SMILES string of the molecule is CCCCCCCC(S)(CC(=O)O)C(O)c1ccccc1. The third kappa shape index (κ3) is 6.10. The second-order valence-corrected chi connectivity index (χ2v) is 6.54. The van der Waals surface area contributed by atoms with E-state index in [1.165, 1.54) is 12.8 Å². The standard InChI is InChI=1S/C17H26O3S/c1-2-3-4-5-9-12-17(21,13-15(18)19)16(20)14-10-7-6-8-11-14/h6-8,10-11,16,20-21H,2-5,9,12-13H2,1H3,(H,18,19). The van der Waals surface area contributed by atoms with Crippen LogP contribution in [0.15, 0.2) is 30.3 Å². The van der Waals surface area contributed by atoms with E-state index >= 15 is 0 Å². The van der Waals surface area contributed by atoms with E-state index in [-0.39, 0.29) is 6.42 Å². The van der Waals surface area contributed by atoms with Gasteiger partial charge in [-0.25, -0.2) is 0 Å². The fourth-order valence-electron chi connectivity index (χ4n) is 2.56. The van der Waals surface area contributed by atoms with Gasteiger partial charge in [-0.05, 0) is 12.0 Å². The summed E-state index contributed by atoms with van der Waals surface area (Å²) in [5, 5.41) is 19.7. The number of carbonyl (C=O) groups is 1. The lowest BCUT2D eigenvalue weighted by Crippen LogP contribution is -2.33. The van der Waals surface area contributed by atoms with E-state index in [2.05, 4.69) is 19.6 Å². The van der Waals surface area contributed by atoms with Crippen molar-refractivity contribution in [3.63, 3.8) is 0 Å². The fourth-order valence-corrected chi connectivity index (χ4v) is 3.01. The normalized spacial score (nSPS) is 15.4. The molecule has 1 aromatic carbocycles. The lowest BCUT2D eigenvalue weighted by molar-refractivity contribution is -0.138. The molecule has 0 heterocycles. The van der Waals surface area contributed by atoms with E-state index in [0.717, 1.165) is 24.8 Å². The van der Waals surface area contributed by atoms with Crippen LogP contribution in [0.1, 0.15) is 63.5 Å². The summed E-state index contributed by atoms with van der Waals surface area (Å²) >= 11 is 4.56. The molecule has 118 valence electrons. The molecule has 0 aliphatic heterocycles. The second-order valence-electron chi connectivity index (χ2n) is 5.65. The van der Waals surface area contributed by atoms with E-state index in [4.69, 9.17) is 5.11 Å². The van der Waals surface area contributed by atoms with Gasteiger partial charge in [-0.15, -0.1) is 0 Å². The Morgan fingerprint density at radius 2 is 1.81 bits per heavy atom. The number of benzene rings is 1. The van der Waals surface area contributed by atoms with Gasteiger partial charge in [0.1, 0.15) is 0 Å². The van der Waals surface area contributed by atoms with E-state index in [9.17, 15) is 9.90 Å². The highest BCUT2D eigenvalue weighted by molar-refractivity contribution is 7.81. The van der Waals surface area contributed by atoms with Gasteiger partial charge in [0.15, 0.2) is 0 Å². The molecule has 0 bridgehead atoms. The van der Waals surface area contributed by atoms with Crippen molar-refractivity contribution in [2.45, 2.75) is 62.7 Å². The maximum Gasteiger partial charge on any atom is 0.304 e. The van der Waals surface area contributed by atoms with Gasteiger partial charge in [-0.3, -0.25) is 4.79 Å². The molecular formula is C17H26O3S. The minimum Gasteiger partial charge on any atom is -0.481 e. The molecule has 0 radical (unpaired) electrons. The van der Waals surface area contributed by atoms with Gasteiger partial charge in [-0.2, -0.15) is 12.6 Å². The molecule has 2 unspecified atom stereocenters. The van der Waals surface area contributed by atoms with Crippen LogP contribution in [0.4, 0.5) is 0 Å². The highest BCUT2D eigenvalue weighted by Crippen LogP contribution is 2.39. The number of carboxylic acid groups (broad SMARTS) is 1. The largest absolute Gasteiger partial charge is 0.481 e. The minimum absolute atomic E-state index is 0.139. The molecule has 0 aromatic heterocycles. The number of hydrogen-bond acceptors (Lipinski definition) is 3. The number of hydrogen-bond donors (Lipinski definition) is 3. The third-order valence-electron chi connectivity index (χ3n) is 3.79. The first-order valence-electron chi connectivity index (χ1n) is 7.67. The van der Waals surface area contributed by atoms with Gasteiger partial charge in [0, 0.05) is 0 Å². The average molecular weight is 310 g/mol. The number of aliphatic hydroxyl groups is 1. The minimum atomic E-state index is -0.923. The first-order valence-corrected chi connectivity index (χ1v) is 8.11. The van der Waals surface area contributed by atoms with Crippen LogP contribution in [-0.2, 0) is 4.79 Å².